The lowest BCUT2D eigenvalue weighted by Crippen LogP contribution is -2.07. The molecule has 0 saturated heterocycles. The Morgan fingerprint density at radius 1 is 1.16 bits per heavy atom. The van der Waals surface area contributed by atoms with Gasteiger partial charge in [-0.05, 0) is 35.9 Å². The predicted octanol–water partition coefficient (Wildman–Crippen LogP) is 5.23. The number of thiazole rings is 1. The molecule has 1 amide bonds. The van der Waals surface area contributed by atoms with Gasteiger partial charge in [0.15, 0.2) is 5.13 Å². The molecule has 1 heterocycles. The molecule has 126 valence electrons. The second kappa shape index (κ2) is 8.09. The van der Waals surface area contributed by atoms with Gasteiger partial charge < -0.3 is 4.74 Å². The lowest BCUT2D eigenvalue weighted by atomic mass is 10.2. The summed E-state index contributed by atoms with van der Waals surface area (Å²) in [5, 5.41) is 5.28. The van der Waals surface area contributed by atoms with Gasteiger partial charge in [0.05, 0.1) is 12.8 Å². The van der Waals surface area contributed by atoms with Gasteiger partial charge >= 0.3 is 0 Å². The second-order valence-corrected chi connectivity index (χ2v) is 6.91. The van der Waals surface area contributed by atoms with Gasteiger partial charge in [-0.3, -0.25) is 10.1 Å². The molecule has 1 aromatic heterocycles. The third-order valence-corrected chi connectivity index (χ3v) is 4.70. The highest BCUT2D eigenvalue weighted by Crippen LogP contribution is 2.26. The number of anilines is 1. The molecular formula is C19H15BrN2O2S. The van der Waals surface area contributed by atoms with Crippen molar-refractivity contribution in [1.29, 1.82) is 0 Å². The Balaban J connectivity index is 1.63. The van der Waals surface area contributed by atoms with Crippen molar-refractivity contribution in [3.8, 4) is 17.0 Å². The molecule has 0 bridgehead atoms. The second-order valence-electron chi connectivity index (χ2n) is 5.14. The first-order chi connectivity index (χ1) is 12.1. The van der Waals surface area contributed by atoms with Crippen LogP contribution in [0.1, 0.15) is 5.56 Å². The number of carbonyl (C=O) groups is 1. The molecule has 0 atom stereocenters. The maximum Gasteiger partial charge on any atom is 0.250 e. The molecule has 0 unspecified atom stereocenters. The average molecular weight is 415 g/mol. The van der Waals surface area contributed by atoms with E-state index < -0.39 is 0 Å². The van der Waals surface area contributed by atoms with E-state index in [1.807, 2.05) is 53.9 Å². The third-order valence-electron chi connectivity index (χ3n) is 3.42. The first-order valence-electron chi connectivity index (χ1n) is 7.48. The number of ether oxygens (including phenoxy) is 1. The van der Waals surface area contributed by atoms with Gasteiger partial charge in [-0.2, -0.15) is 0 Å². The van der Waals surface area contributed by atoms with Gasteiger partial charge in [-0.25, -0.2) is 4.98 Å². The molecule has 0 saturated carbocycles. The summed E-state index contributed by atoms with van der Waals surface area (Å²) in [5.74, 6) is 0.567. The Morgan fingerprint density at radius 3 is 2.56 bits per heavy atom. The van der Waals surface area contributed by atoms with E-state index in [2.05, 4.69) is 26.2 Å². The minimum absolute atomic E-state index is 0.215. The number of hydrogen-bond acceptors (Lipinski definition) is 4. The lowest BCUT2D eigenvalue weighted by Gasteiger charge is -1.99. The SMILES string of the molecule is COc1ccc(C=CC(=O)Nc2nc(-c3ccc(Br)cc3)cs2)cc1. The molecule has 0 aliphatic carbocycles. The zero-order valence-electron chi connectivity index (χ0n) is 13.4. The van der Waals surface area contributed by atoms with Gasteiger partial charge in [0, 0.05) is 21.5 Å². The number of methoxy groups -OCH3 is 1. The van der Waals surface area contributed by atoms with E-state index in [1.165, 1.54) is 17.4 Å². The number of aromatic nitrogens is 1. The summed E-state index contributed by atoms with van der Waals surface area (Å²) in [5.41, 5.74) is 2.77. The van der Waals surface area contributed by atoms with Crippen molar-refractivity contribution in [3.05, 3.63) is 70.0 Å². The Morgan fingerprint density at radius 2 is 1.88 bits per heavy atom. The Hall–Kier alpha value is -2.44. The van der Waals surface area contributed by atoms with Crippen LogP contribution in [0.2, 0.25) is 0 Å². The number of carbonyl (C=O) groups excluding carboxylic acids is 1. The number of nitrogens with one attached hydrogen (secondary N) is 1. The van der Waals surface area contributed by atoms with E-state index >= 15 is 0 Å². The summed E-state index contributed by atoms with van der Waals surface area (Å²) in [6.07, 6.45) is 3.24. The van der Waals surface area contributed by atoms with Crippen molar-refractivity contribution in [1.82, 2.24) is 4.98 Å². The molecule has 0 fully saturated rings. The van der Waals surface area contributed by atoms with E-state index in [9.17, 15) is 4.79 Å². The van der Waals surface area contributed by atoms with Crippen LogP contribution < -0.4 is 10.1 Å². The van der Waals surface area contributed by atoms with E-state index in [0.29, 0.717) is 5.13 Å². The number of nitrogens with zero attached hydrogens (tertiary/aromatic N) is 1. The summed E-state index contributed by atoms with van der Waals surface area (Å²) >= 11 is 4.81. The minimum Gasteiger partial charge on any atom is -0.497 e. The van der Waals surface area contributed by atoms with Crippen molar-refractivity contribution < 1.29 is 9.53 Å². The maximum atomic E-state index is 12.0. The highest BCUT2D eigenvalue weighted by molar-refractivity contribution is 9.10. The monoisotopic (exact) mass is 414 g/mol. The number of benzene rings is 2. The molecule has 0 spiro atoms. The van der Waals surface area contributed by atoms with Gasteiger partial charge in [0.1, 0.15) is 5.75 Å². The average Bonchev–Trinajstić information content (AvgIpc) is 3.09. The molecule has 0 radical (unpaired) electrons. The van der Waals surface area contributed by atoms with Crippen molar-refractivity contribution in [2.24, 2.45) is 0 Å². The van der Waals surface area contributed by atoms with Crippen LogP contribution in [-0.4, -0.2) is 18.0 Å². The molecule has 6 heteroatoms. The number of hydrogen-bond donors (Lipinski definition) is 1. The number of rotatable bonds is 5. The number of halogens is 1. The minimum atomic E-state index is -0.215. The van der Waals surface area contributed by atoms with Gasteiger partial charge in [0.25, 0.3) is 0 Å². The molecule has 0 aliphatic heterocycles. The summed E-state index contributed by atoms with van der Waals surface area (Å²) < 4.78 is 6.12. The summed E-state index contributed by atoms with van der Waals surface area (Å²) in [7, 11) is 1.62. The fourth-order valence-electron chi connectivity index (χ4n) is 2.12. The summed E-state index contributed by atoms with van der Waals surface area (Å²) in [6.45, 7) is 0. The van der Waals surface area contributed by atoms with Crippen LogP contribution in [0.15, 0.2) is 64.5 Å². The molecule has 2 aromatic carbocycles. The van der Waals surface area contributed by atoms with Crippen LogP contribution in [-0.2, 0) is 4.79 Å². The molecule has 3 aromatic rings. The van der Waals surface area contributed by atoms with Crippen LogP contribution in [0.5, 0.6) is 5.75 Å². The smallest absolute Gasteiger partial charge is 0.250 e. The summed E-state index contributed by atoms with van der Waals surface area (Å²) in [4.78, 5) is 16.5. The van der Waals surface area contributed by atoms with Gasteiger partial charge in [-0.15, -0.1) is 11.3 Å². The zero-order valence-corrected chi connectivity index (χ0v) is 15.8. The maximum absolute atomic E-state index is 12.0. The standard InChI is InChI=1S/C19H15BrN2O2S/c1-24-16-9-2-13(3-10-16)4-11-18(23)22-19-21-17(12-25-19)14-5-7-15(20)8-6-14/h2-12H,1H3,(H,21,22,23). The fourth-order valence-corrected chi connectivity index (χ4v) is 3.11. The van der Waals surface area contributed by atoms with Gasteiger partial charge in [0.2, 0.25) is 5.91 Å². The zero-order chi connectivity index (χ0) is 17.6. The molecule has 1 N–H and O–H groups in total. The summed E-state index contributed by atoms with van der Waals surface area (Å²) in [6, 6.07) is 15.4. The van der Waals surface area contributed by atoms with E-state index in [4.69, 9.17) is 4.74 Å². The largest absolute Gasteiger partial charge is 0.497 e. The molecular weight excluding hydrogens is 400 g/mol. The topological polar surface area (TPSA) is 51.2 Å². The molecule has 0 aliphatic rings. The lowest BCUT2D eigenvalue weighted by molar-refractivity contribution is -0.111. The van der Waals surface area contributed by atoms with Crippen molar-refractivity contribution in [2.45, 2.75) is 0 Å². The van der Waals surface area contributed by atoms with Crippen LogP contribution in [0, 0.1) is 0 Å². The normalized spacial score (nSPS) is 10.8. The first kappa shape index (κ1) is 17.4. The first-order valence-corrected chi connectivity index (χ1v) is 9.16. The number of amides is 1. The Labute approximate surface area is 158 Å². The van der Waals surface area contributed by atoms with Gasteiger partial charge in [-0.1, -0.05) is 40.2 Å². The fraction of sp³-hybridized carbons (Fsp3) is 0.0526. The Kier molecular flexibility index (Phi) is 5.63. The van der Waals surface area contributed by atoms with E-state index in [0.717, 1.165) is 27.0 Å². The van der Waals surface area contributed by atoms with Crippen molar-refractivity contribution >= 4 is 44.4 Å². The quantitative estimate of drug-likeness (QED) is 0.581. The van der Waals surface area contributed by atoms with Crippen LogP contribution >= 0.6 is 27.3 Å². The highest BCUT2D eigenvalue weighted by atomic mass is 79.9. The highest BCUT2D eigenvalue weighted by Gasteiger charge is 2.06. The predicted molar refractivity (Wildman–Crippen MR) is 106 cm³/mol. The van der Waals surface area contributed by atoms with Crippen molar-refractivity contribution in [2.75, 3.05) is 12.4 Å². The van der Waals surface area contributed by atoms with Crippen LogP contribution in [0.4, 0.5) is 5.13 Å². The van der Waals surface area contributed by atoms with Crippen molar-refractivity contribution in [3.63, 3.8) is 0 Å². The van der Waals surface area contributed by atoms with E-state index in [1.54, 1.807) is 13.2 Å². The van der Waals surface area contributed by atoms with Crippen LogP contribution in [0.25, 0.3) is 17.3 Å². The molecule has 4 nitrogen and oxygen atoms in total. The Bertz CT molecular complexity index is 887. The van der Waals surface area contributed by atoms with E-state index in [-0.39, 0.29) is 5.91 Å². The molecule has 3 rings (SSSR count). The third kappa shape index (κ3) is 4.78. The van der Waals surface area contributed by atoms with Crippen LogP contribution in [0.3, 0.4) is 0 Å². The molecule has 25 heavy (non-hydrogen) atoms.